The summed E-state index contributed by atoms with van der Waals surface area (Å²) < 4.78 is 5.36. The lowest BCUT2D eigenvalue weighted by molar-refractivity contribution is 0.0693. The van der Waals surface area contributed by atoms with Crippen LogP contribution in [0.25, 0.3) is 0 Å². The minimum atomic E-state index is -1.13. The summed E-state index contributed by atoms with van der Waals surface area (Å²) in [5.41, 5.74) is 5.41. The molecule has 2 aromatic rings. The normalized spacial score (nSPS) is 9.89. The molecule has 0 fully saturated rings. The largest absolute Gasteiger partial charge is 0.477 e. The van der Waals surface area contributed by atoms with Gasteiger partial charge in [0.1, 0.15) is 11.3 Å². The molecule has 0 bridgehead atoms. The average Bonchev–Trinajstić information content (AvgIpc) is 2.39. The van der Waals surface area contributed by atoms with Crippen molar-refractivity contribution >= 4 is 11.9 Å². The van der Waals surface area contributed by atoms with Crippen LogP contribution in [0.5, 0.6) is 11.6 Å². The standard InChI is InChI=1S/C13H10N2O4/c14-11(16)8-3-5-9(6-4-8)19-12-10(13(17)18)2-1-7-15-12/h1-7H,(H2,14,16)(H,17,18). The number of amides is 1. The Kier molecular flexibility index (Phi) is 3.42. The van der Waals surface area contributed by atoms with Crippen LogP contribution in [0.3, 0.4) is 0 Å². The highest BCUT2D eigenvalue weighted by molar-refractivity contribution is 5.93. The van der Waals surface area contributed by atoms with Gasteiger partial charge in [-0.2, -0.15) is 0 Å². The van der Waals surface area contributed by atoms with Crippen LogP contribution in [-0.4, -0.2) is 22.0 Å². The molecule has 0 aliphatic carbocycles. The van der Waals surface area contributed by atoms with E-state index in [1.165, 1.54) is 42.6 Å². The summed E-state index contributed by atoms with van der Waals surface area (Å²) in [5, 5.41) is 8.98. The quantitative estimate of drug-likeness (QED) is 0.868. The van der Waals surface area contributed by atoms with Crippen molar-refractivity contribution in [2.24, 2.45) is 5.73 Å². The maximum absolute atomic E-state index is 11.0. The molecule has 6 heteroatoms. The Morgan fingerprint density at radius 3 is 2.42 bits per heavy atom. The number of benzene rings is 1. The lowest BCUT2D eigenvalue weighted by Gasteiger charge is -2.07. The highest BCUT2D eigenvalue weighted by Gasteiger charge is 2.12. The van der Waals surface area contributed by atoms with Gasteiger partial charge in [0.15, 0.2) is 0 Å². The van der Waals surface area contributed by atoms with E-state index in [9.17, 15) is 9.59 Å². The van der Waals surface area contributed by atoms with Gasteiger partial charge in [-0.05, 0) is 36.4 Å². The van der Waals surface area contributed by atoms with E-state index in [4.69, 9.17) is 15.6 Å². The molecule has 96 valence electrons. The topological polar surface area (TPSA) is 103 Å². The second-order valence-electron chi connectivity index (χ2n) is 3.65. The molecular weight excluding hydrogens is 248 g/mol. The minimum Gasteiger partial charge on any atom is -0.477 e. The SMILES string of the molecule is NC(=O)c1ccc(Oc2ncccc2C(=O)O)cc1. The van der Waals surface area contributed by atoms with Crippen LogP contribution in [0.2, 0.25) is 0 Å². The van der Waals surface area contributed by atoms with E-state index in [1.54, 1.807) is 0 Å². The Morgan fingerprint density at radius 2 is 1.84 bits per heavy atom. The third kappa shape index (κ3) is 2.86. The number of nitrogens with two attached hydrogens (primary N) is 1. The monoisotopic (exact) mass is 258 g/mol. The lowest BCUT2D eigenvalue weighted by atomic mass is 10.2. The zero-order chi connectivity index (χ0) is 13.8. The number of nitrogens with zero attached hydrogens (tertiary/aromatic N) is 1. The first kappa shape index (κ1) is 12.6. The predicted molar refractivity (Wildman–Crippen MR) is 66.2 cm³/mol. The van der Waals surface area contributed by atoms with Crippen molar-refractivity contribution in [3.05, 3.63) is 53.7 Å². The van der Waals surface area contributed by atoms with Crippen molar-refractivity contribution in [2.45, 2.75) is 0 Å². The van der Waals surface area contributed by atoms with E-state index >= 15 is 0 Å². The Morgan fingerprint density at radius 1 is 1.16 bits per heavy atom. The molecule has 0 aliphatic rings. The maximum atomic E-state index is 11.0. The number of carbonyl (C=O) groups is 2. The first-order valence-electron chi connectivity index (χ1n) is 5.34. The van der Waals surface area contributed by atoms with Crippen molar-refractivity contribution in [1.29, 1.82) is 0 Å². The van der Waals surface area contributed by atoms with Crippen LogP contribution < -0.4 is 10.5 Å². The van der Waals surface area contributed by atoms with Crippen molar-refractivity contribution in [3.8, 4) is 11.6 Å². The van der Waals surface area contributed by atoms with Crippen LogP contribution in [0.4, 0.5) is 0 Å². The molecule has 0 spiro atoms. The second-order valence-corrected chi connectivity index (χ2v) is 3.65. The highest BCUT2D eigenvalue weighted by Crippen LogP contribution is 2.23. The maximum Gasteiger partial charge on any atom is 0.341 e. The summed E-state index contributed by atoms with van der Waals surface area (Å²) in [6.45, 7) is 0. The van der Waals surface area contributed by atoms with Crippen LogP contribution in [0.15, 0.2) is 42.6 Å². The van der Waals surface area contributed by atoms with E-state index in [0.717, 1.165) is 0 Å². The summed E-state index contributed by atoms with van der Waals surface area (Å²) in [4.78, 5) is 25.7. The van der Waals surface area contributed by atoms with Crippen LogP contribution in [0, 0.1) is 0 Å². The number of rotatable bonds is 4. The first-order valence-corrected chi connectivity index (χ1v) is 5.34. The number of pyridine rings is 1. The summed E-state index contributed by atoms with van der Waals surface area (Å²) in [6.07, 6.45) is 1.43. The number of carbonyl (C=O) groups excluding carboxylic acids is 1. The molecule has 19 heavy (non-hydrogen) atoms. The first-order chi connectivity index (χ1) is 9.08. The number of primary amides is 1. The molecule has 0 unspecified atom stereocenters. The van der Waals surface area contributed by atoms with Crippen LogP contribution >= 0.6 is 0 Å². The smallest absolute Gasteiger partial charge is 0.341 e. The van der Waals surface area contributed by atoms with Gasteiger partial charge in [0, 0.05) is 11.8 Å². The van der Waals surface area contributed by atoms with Gasteiger partial charge in [-0.25, -0.2) is 9.78 Å². The highest BCUT2D eigenvalue weighted by atomic mass is 16.5. The number of ether oxygens (including phenoxy) is 1. The summed E-state index contributed by atoms with van der Waals surface area (Å²) in [6, 6.07) is 8.90. The van der Waals surface area contributed by atoms with E-state index in [2.05, 4.69) is 4.98 Å². The fourth-order valence-electron chi connectivity index (χ4n) is 1.43. The summed E-state index contributed by atoms with van der Waals surface area (Å²) in [7, 11) is 0. The third-order valence-electron chi connectivity index (χ3n) is 2.35. The Balaban J connectivity index is 2.26. The van der Waals surface area contributed by atoms with Gasteiger partial charge in [-0.3, -0.25) is 4.79 Å². The number of carboxylic acid groups (broad SMARTS) is 1. The number of carboxylic acids is 1. The number of hydrogen-bond donors (Lipinski definition) is 2. The van der Waals surface area contributed by atoms with Gasteiger partial charge >= 0.3 is 5.97 Å². The van der Waals surface area contributed by atoms with Gasteiger partial charge in [-0.1, -0.05) is 0 Å². The van der Waals surface area contributed by atoms with Crippen molar-refractivity contribution in [3.63, 3.8) is 0 Å². The van der Waals surface area contributed by atoms with Crippen molar-refractivity contribution in [2.75, 3.05) is 0 Å². The van der Waals surface area contributed by atoms with Crippen LogP contribution in [0.1, 0.15) is 20.7 Å². The number of aromatic carboxylic acids is 1. The molecule has 0 atom stereocenters. The van der Waals surface area contributed by atoms with Gasteiger partial charge in [0.2, 0.25) is 11.8 Å². The molecule has 1 heterocycles. The van der Waals surface area contributed by atoms with Gasteiger partial charge in [0.25, 0.3) is 0 Å². The predicted octanol–water partition coefficient (Wildman–Crippen LogP) is 1.67. The fourth-order valence-corrected chi connectivity index (χ4v) is 1.43. The van der Waals surface area contributed by atoms with Crippen molar-refractivity contribution in [1.82, 2.24) is 4.98 Å². The molecule has 6 nitrogen and oxygen atoms in total. The zero-order valence-electron chi connectivity index (χ0n) is 9.74. The Bertz CT molecular complexity index is 623. The molecule has 1 aromatic heterocycles. The molecule has 0 saturated carbocycles. The van der Waals surface area contributed by atoms with E-state index in [1.807, 2.05) is 0 Å². The fraction of sp³-hybridized carbons (Fsp3) is 0. The van der Waals surface area contributed by atoms with Gasteiger partial charge < -0.3 is 15.6 Å². The molecule has 1 aromatic carbocycles. The zero-order valence-corrected chi connectivity index (χ0v) is 9.74. The Labute approximate surface area is 108 Å². The van der Waals surface area contributed by atoms with Gasteiger partial charge in [0.05, 0.1) is 0 Å². The second kappa shape index (κ2) is 5.18. The van der Waals surface area contributed by atoms with Gasteiger partial charge in [-0.15, -0.1) is 0 Å². The summed E-state index contributed by atoms with van der Waals surface area (Å²) in [5.74, 6) is -1.32. The molecule has 2 rings (SSSR count). The number of hydrogen-bond acceptors (Lipinski definition) is 4. The average molecular weight is 258 g/mol. The molecule has 3 N–H and O–H groups in total. The molecular formula is C13H10N2O4. The lowest BCUT2D eigenvalue weighted by Crippen LogP contribution is -2.10. The summed E-state index contributed by atoms with van der Waals surface area (Å²) >= 11 is 0. The molecule has 0 aliphatic heterocycles. The molecule has 0 saturated heterocycles. The van der Waals surface area contributed by atoms with E-state index < -0.39 is 11.9 Å². The van der Waals surface area contributed by atoms with E-state index in [0.29, 0.717) is 11.3 Å². The molecule has 1 amide bonds. The Hall–Kier alpha value is -2.89. The van der Waals surface area contributed by atoms with Crippen LogP contribution in [-0.2, 0) is 0 Å². The molecule has 0 radical (unpaired) electrons. The number of aromatic nitrogens is 1. The van der Waals surface area contributed by atoms with E-state index in [-0.39, 0.29) is 11.4 Å². The van der Waals surface area contributed by atoms with Crippen molar-refractivity contribution < 1.29 is 19.4 Å². The third-order valence-corrected chi connectivity index (χ3v) is 2.35. The minimum absolute atomic E-state index is 0.0122.